The highest BCUT2D eigenvalue weighted by Gasteiger charge is 2.48. The Labute approximate surface area is 337 Å². The van der Waals surface area contributed by atoms with Gasteiger partial charge < -0.3 is 35.0 Å². The standard InChI is InChI=1S/C47H88O8/c1-32-26-35(4)33(2)24-25-41(49)28-42(50)27-36(5)54-39(8)38(7)37(6)34(3)22-20-18-16-14-12-10-11-13-15-17-19-21-23-40(48)29-44-45(46(52)53)43(51)31-47(9,30-32)55-44/h32-35,37-45,48-51H,5,10-31H2,1-4,6-9H3,(H,52,53)/t32?,33?,34-,35?,37?,38+,39-,40?,41?,42?,43-,44?,45?,47?/m0/s1. The van der Waals surface area contributed by atoms with Crippen LogP contribution >= 0.6 is 0 Å². The molecule has 2 rings (SSSR count). The lowest BCUT2D eigenvalue weighted by atomic mass is 9.75. The number of fused-ring (bicyclic) bond motifs is 2. The Morgan fingerprint density at radius 2 is 1.15 bits per heavy atom. The second kappa shape index (κ2) is 26.0. The predicted octanol–water partition coefficient (Wildman–Crippen LogP) is 10.6. The first-order chi connectivity index (χ1) is 25.9. The maximum absolute atomic E-state index is 12.2. The summed E-state index contributed by atoms with van der Waals surface area (Å²) in [6.45, 7) is 21.9. The van der Waals surface area contributed by atoms with Crippen LogP contribution in [0.1, 0.15) is 197 Å². The molecule has 2 bridgehead atoms. The highest BCUT2D eigenvalue weighted by atomic mass is 16.5. The van der Waals surface area contributed by atoms with Crippen molar-refractivity contribution in [2.45, 2.75) is 239 Å². The lowest BCUT2D eigenvalue weighted by molar-refractivity contribution is -0.208. The maximum Gasteiger partial charge on any atom is 0.311 e. The zero-order valence-electron chi connectivity index (χ0n) is 36.7. The molecular formula is C47H88O8. The van der Waals surface area contributed by atoms with Crippen LogP contribution in [0.2, 0.25) is 0 Å². The van der Waals surface area contributed by atoms with Crippen LogP contribution in [0.4, 0.5) is 0 Å². The van der Waals surface area contributed by atoms with Gasteiger partial charge in [-0.15, -0.1) is 0 Å². The molecule has 0 aliphatic carbocycles. The third-order valence-electron chi connectivity index (χ3n) is 13.9. The number of aliphatic hydroxyl groups is 4. The number of hydrogen-bond acceptors (Lipinski definition) is 7. The zero-order valence-corrected chi connectivity index (χ0v) is 36.7. The minimum Gasteiger partial charge on any atom is -0.495 e. The summed E-state index contributed by atoms with van der Waals surface area (Å²) in [5.74, 6) is 1.01. The van der Waals surface area contributed by atoms with E-state index in [0.29, 0.717) is 67.5 Å². The zero-order chi connectivity index (χ0) is 41.1. The van der Waals surface area contributed by atoms with Crippen LogP contribution < -0.4 is 0 Å². The van der Waals surface area contributed by atoms with Crippen LogP contribution in [-0.2, 0) is 14.3 Å². The van der Waals surface area contributed by atoms with Crippen molar-refractivity contribution in [1.29, 1.82) is 0 Å². The van der Waals surface area contributed by atoms with Gasteiger partial charge in [0.05, 0.1) is 48.0 Å². The summed E-state index contributed by atoms with van der Waals surface area (Å²) >= 11 is 0. The fourth-order valence-electron chi connectivity index (χ4n) is 9.79. The molecule has 0 aromatic rings. The molecule has 2 fully saturated rings. The van der Waals surface area contributed by atoms with Gasteiger partial charge in [-0.3, -0.25) is 4.79 Å². The molecule has 0 saturated carbocycles. The molecule has 0 aromatic heterocycles. The van der Waals surface area contributed by atoms with E-state index in [4.69, 9.17) is 9.47 Å². The van der Waals surface area contributed by atoms with Gasteiger partial charge in [-0.25, -0.2) is 0 Å². The Morgan fingerprint density at radius 3 is 1.71 bits per heavy atom. The van der Waals surface area contributed by atoms with E-state index in [1.165, 1.54) is 64.2 Å². The van der Waals surface area contributed by atoms with Crippen molar-refractivity contribution in [2.75, 3.05) is 0 Å². The minimum atomic E-state index is -1.07. The van der Waals surface area contributed by atoms with Crippen molar-refractivity contribution >= 4 is 5.97 Å². The lowest BCUT2D eigenvalue weighted by Gasteiger charge is -2.46. The number of hydrogen-bond donors (Lipinski definition) is 5. The van der Waals surface area contributed by atoms with Gasteiger partial charge in [0.2, 0.25) is 0 Å². The number of rotatable bonds is 1. The van der Waals surface area contributed by atoms with Crippen LogP contribution in [0.5, 0.6) is 0 Å². The summed E-state index contributed by atoms with van der Waals surface area (Å²) in [6, 6.07) is 0. The molecule has 0 radical (unpaired) electrons. The van der Waals surface area contributed by atoms with Gasteiger partial charge in [-0.2, -0.15) is 0 Å². The second-order valence-electron chi connectivity index (χ2n) is 19.3. The van der Waals surface area contributed by atoms with Crippen LogP contribution in [0, 0.1) is 41.4 Å². The summed E-state index contributed by atoms with van der Waals surface area (Å²) in [7, 11) is 0. The molecule has 14 atom stereocenters. The van der Waals surface area contributed by atoms with E-state index >= 15 is 0 Å². The van der Waals surface area contributed by atoms with E-state index in [9.17, 15) is 30.3 Å². The third-order valence-corrected chi connectivity index (χ3v) is 13.9. The van der Waals surface area contributed by atoms with E-state index in [0.717, 1.165) is 32.1 Å². The highest BCUT2D eigenvalue weighted by molar-refractivity contribution is 5.71. The number of carboxylic acids is 1. The Bertz CT molecular complexity index is 1050. The van der Waals surface area contributed by atoms with Crippen LogP contribution in [0.15, 0.2) is 12.3 Å². The first-order valence-corrected chi connectivity index (χ1v) is 22.9. The quantitative estimate of drug-likeness (QED) is 0.177. The molecule has 2 saturated heterocycles. The van der Waals surface area contributed by atoms with Crippen molar-refractivity contribution in [3.8, 4) is 0 Å². The molecular weight excluding hydrogens is 693 g/mol. The fraction of sp³-hybridized carbons (Fsp3) is 0.936. The summed E-state index contributed by atoms with van der Waals surface area (Å²) in [5, 5.41) is 53.7. The van der Waals surface area contributed by atoms with Gasteiger partial charge >= 0.3 is 5.97 Å². The molecule has 2 heterocycles. The summed E-state index contributed by atoms with van der Waals surface area (Å²) in [5.41, 5.74) is -0.680. The molecule has 2 aliphatic heterocycles. The minimum absolute atomic E-state index is 0.0110. The molecule has 8 nitrogen and oxygen atoms in total. The number of ether oxygens (including phenoxy) is 2. The van der Waals surface area contributed by atoms with E-state index in [-0.39, 0.29) is 24.9 Å². The number of aliphatic hydroxyl groups excluding tert-OH is 4. The number of aliphatic carboxylic acids is 1. The van der Waals surface area contributed by atoms with Crippen molar-refractivity contribution in [2.24, 2.45) is 41.4 Å². The van der Waals surface area contributed by atoms with Crippen LogP contribution in [-0.4, -0.2) is 73.7 Å². The SMILES string of the molecule is C=C1CC(O)CC(O)CCC(C)C(C)CC(C)CC2(C)C[C@H](O)C(C(=O)O)C(CC(O)CCCCCCCCCCCCCC[C@H](C)C(C)[C@@H](C)[C@H](C)O1)O2. The number of carbonyl (C=O) groups is 1. The molecule has 324 valence electrons. The highest BCUT2D eigenvalue weighted by Crippen LogP contribution is 2.41. The molecule has 0 spiro atoms. The predicted molar refractivity (Wildman–Crippen MR) is 225 cm³/mol. The fourth-order valence-corrected chi connectivity index (χ4v) is 9.79. The molecule has 10 unspecified atom stereocenters. The molecule has 5 N–H and O–H groups in total. The van der Waals surface area contributed by atoms with Gasteiger partial charge in [-0.1, -0.05) is 132 Å². The van der Waals surface area contributed by atoms with Crippen molar-refractivity contribution in [1.82, 2.24) is 0 Å². The largest absolute Gasteiger partial charge is 0.495 e. The Morgan fingerprint density at radius 1 is 0.618 bits per heavy atom. The normalized spacial score (nSPS) is 41.1. The van der Waals surface area contributed by atoms with Crippen LogP contribution in [0.25, 0.3) is 0 Å². The molecule has 2 aliphatic rings. The van der Waals surface area contributed by atoms with Gasteiger partial charge in [0.25, 0.3) is 0 Å². The molecule has 0 aromatic carbocycles. The molecule has 8 heteroatoms. The topological polar surface area (TPSA) is 137 Å². The van der Waals surface area contributed by atoms with Crippen molar-refractivity contribution in [3.63, 3.8) is 0 Å². The molecule has 0 amide bonds. The Balaban J connectivity index is 2.01. The summed E-state index contributed by atoms with van der Waals surface area (Å²) in [4.78, 5) is 12.2. The summed E-state index contributed by atoms with van der Waals surface area (Å²) in [6.07, 6.45) is 17.1. The Kier molecular flexibility index (Phi) is 23.6. The van der Waals surface area contributed by atoms with Crippen molar-refractivity contribution < 1.29 is 39.8 Å². The maximum atomic E-state index is 12.2. The van der Waals surface area contributed by atoms with Gasteiger partial charge in [-0.05, 0) is 87.9 Å². The lowest BCUT2D eigenvalue weighted by Crippen LogP contribution is -2.54. The smallest absolute Gasteiger partial charge is 0.311 e. The van der Waals surface area contributed by atoms with Gasteiger partial charge in [0.1, 0.15) is 5.92 Å². The second-order valence-corrected chi connectivity index (χ2v) is 19.3. The first kappa shape index (κ1) is 50.0. The van der Waals surface area contributed by atoms with Gasteiger partial charge in [0, 0.05) is 19.3 Å². The van der Waals surface area contributed by atoms with Crippen molar-refractivity contribution in [3.05, 3.63) is 12.3 Å². The monoisotopic (exact) mass is 781 g/mol. The summed E-state index contributed by atoms with van der Waals surface area (Å²) < 4.78 is 12.8. The first-order valence-electron chi connectivity index (χ1n) is 22.9. The van der Waals surface area contributed by atoms with E-state index in [1.807, 2.05) is 6.92 Å². The van der Waals surface area contributed by atoms with Gasteiger partial charge in [0.15, 0.2) is 0 Å². The van der Waals surface area contributed by atoms with E-state index in [2.05, 4.69) is 55.0 Å². The van der Waals surface area contributed by atoms with E-state index in [1.54, 1.807) is 0 Å². The van der Waals surface area contributed by atoms with E-state index < -0.39 is 48.0 Å². The average Bonchev–Trinajstić information content (AvgIpc) is 3.08. The third kappa shape index (κ3) is 19.4. The average molecular weight is 781 g/mol. The Hall–Kier alpha value is -1.19. The van der Waals surface area contributed by atoms with Crippen LogP contribution in [0.3, 0.4) is 0 Å². The number of carboxylic acid groups (broad SMARTS) is 1. The molecule has 55 heavy (non-hydrogen) atoms.